The van der Waals surface area contributed by atoms with Gasteiger partial charge in [0.25, 0.3) is 10.0 Å². The van der Waals surface area contributed by atoms with Crippen LogP contribution in [-0.2, 0) is 19.6 Å². The van der Waals surface area contributed by atoms with E-state index in [-0.39, 0.29) is 10.3 Å². The summed E-state index contributed by atoms with van der Waals surface area (Å²) in [6.45, 7) is 8.10. The number of nitrogens with zero attached hydrogens (tertiary/aromatic N) is 1. The van der Waals surface area contributed by atoms with Gasteiger partial charge in [-0.25, -0.2) is 8.42 Å². The van der Waals surface area contributed by atoms with Crippen LogP contribution in [-0.4, -0.2) is 33.5 Å². The van der Waals surface area contributed by atoms with Gasteiger partial charge in [-0.1, -0.05) is 44.9 Å². The van der Waals surface area contributed by atoms with E-state index in [1.807, 2.05) is 31.8 Å². The number of benzene rings is 1. The Morgan fingerprint density at radius 2 is 1.59 bits per heavy atom. The predicted octanol–water partition coefficient (Wildman–Crippen LogP) is 2.73. The highest BCUT2D eigenvalue weighted by Gasteiger charge is 2.16. The summed E-state index contributed by atoms with van der Waals surface area (Å²) in [6, 6.07) is 6.45. The van der Waals surface area contributed by atoms with E-state index in [0.717, 1.165) is 5.69 Å². The van der Waals surface area contributed by atoms with E-state index >= 15 is 0 Å². The molecule has 1 aliphatic rings. The lowest BCUT2D eigenvalue weighted by Gasteiger charge is -2.14. The average Bonchev–Trinajstić information content (AvgIpc) is 2.79. The van der Waals surface area contributed by atoms with Gasteiger partial charge in [-0.05, 0) is 36.4 Å². The molecular formula is C18H25N3O4S2. The number of hydrogen-bond donors (Lipinski definition) is 3. The summed E-state index contributed by atoms with van der Waals surface area (Å²) in [6.07, 6.45) is 9.35. The van der Waals surface area contributed by atoms with Gasteiger partial charge in [-0.3, -0.25) is 4.72 Å². The van der Waals surface area contributed by atoms with Gasteiger partial charge in [-0.15, -0.1) is 0 Å². The minimum absolute atomic E-state index is 0.101. The first-order valence-electron chi connectivity index (χ1n) is 7.67. The maximum Gasteiger partial charge on any atom is 0.261 e. The number of allylic oxidation sites excluding steroid dienone is 5. The monoisotopic (exact) mass is 411 g/mol. The summed E-state index contributed by atoms with van der Waals surface area (Å²) < 4.78 is 29.0. The minimum Gasteiger partial charge on any atom is -0.310 e. The fourth-order valence-electron chi connectivity index (χ4n) is 1.99. The van der Waals surface area contributed by atoms with Crippen LogP contribution in [0.25, 0.3) is 0 Å². The van der Waals surface area contributed by atoms with Crippen LogP contribution in [0.4, 0.5) is 5.69 Å². The normalized spacial score (nSPS) is 14.6. The number of hydrazine groups is 1. The molecule has 9 heteroatoms. The van der Waals surface area contributed by atoms with Gasteiger partial charge in [0.1, 0.15) is 13.6 Å². The molecule has 0 saturated carbocycles. The maximum absolute atomic E-state index is 12.5. The summed E-state index contributed by atoms with van der Waals surface area (Å²) in [7, 11) is -1.89. The van der Waals surface area contributed by atoms with Crippen LogP contribution in [0.1, 0.15) is 13.8 Å². The third-order valence-electron chi connectivity index (χ3n) is 3.20. The van der Waals surface area contributed by atoms with Gasteiger partial charge in [-0.2, -0.15) is 4.41 Å². The lowest BCUT2D eigenvalue weighted by atomic mass is 9.93. The SMILES string of the molecule is C=O.C=O.CN(S)Nc1ccc(S(=O)(=O)NC2=CC=CC(C)(C)C=C2)cc1. The van der Waals surface area contributed by atoms with Crippen molar-refractivity contribution in [2.45, 2.75) is 18.7 Å². The molecular weight excluding hydrogens is 386 g/mol. The zero-order valence-corrected chi connectivity index (χ0v) is 17.3. The lowest BCUT2D eigenvalue weighted by Crippen LogP contribution is -2.22. The summed E-state index contributed by atoms with van der Waals surface area (Å²) in [5, 5.41) is 0. The van der Waals surface area contributed by atoms with Crippen LogP contribution in [0.5, 0.6) is 0 Å². The molecule has 0 bridgehead atoms. The second-order valence-corrected chi connectivity index (χ2v) is 8.18. The molecule has 0 fully saturated rings. The van der Waals surface area contributed by atoms with Crippen LogP contribution in [0.15, 0.2) is 65.2 Å². The fraction of sp³-hybridized carbons (Fsp3) is 0.222. The standard InChI is InChI=1S/C16H21N3O2S2.2CH2O/c1-16(2)11-4-5-14(10-12-16)18-23(20,21)15-8-6-13(7-9-15)17-19(3)22;2*1-2/h4-12,17-18,22H,1-3H3;2*1H2. The number of rotatable bonds is 5. The van der Waals surface area contributed by atoms with E-state index in [1.165, 1.54) is 4.41 Å². The van der Waals surface area contributed by atoms with Crippen molar-refractivity contribution in [1.82, 2.24) is 9.14 Å². The number of carbonyl (C=O) groups excluding carboxylic acids is 2. The molecule has 0 spiro atoms. The number of carbonyl (C=O) groups is 2. The van der Waals surface area contributed by atoms with Crippen molar-refractivity contribution in [2.75, 3.05) is 12.5 Å². The first-order chi connectivity index (χ1) is 12.7. The van der Waals surface area contributed by atoms with Crippen LogP contribution >= 0.6 is 12.8 Å². The highest BCUT2D eigenvalue weighted by Crippen LogP contribution is 2.23. The largest absolute Gasteiger partial charge is 0.310 e. The van der Waals surface area contributed by atoms with E-state index in [4.69, 9.17) is 9.59 Å². The molecule has 2 N–H and O–H groups in total. The van der Waals surface area contributed by atoms with E-state index in [1.54, 1.807) is 43.5 Å². The molecule has 7 nitrogen and oxygen atoms in total. The summed E-state index contributed by atoms with van der Waals surface area (Å²) in [4.78, 5) is 16.2. The molecule has 0 aliphatic heterocycles. The van der Waals surface area contributed by atoms with Gasteiger partial charge < -0.3 is 15.0 Å². The van der Waals surface area contributed by atoms with Crippen molar-refractivity contribution in [3.63, 3.8) is 0 Å². The van der Waals surface area contributed by atoms with Crippen LogP contribution in [0.3, 0.4) is 0 Å². The van der Waals surface area contributed by atoms with Gasteiger partial charge in [0, 0.05) is 23.8 Å². The fourth-order valence-corrected chi connectivity index (χ4v) is 3.17. The molecule has 0 aromatic heterocycles. The maximum atomic E-state index is 12.5. The van der Waals surface area contributed by atoms with Crippen molar-refractivity contribution in [1.29, 1.82) is 0 Å². The smallest absolute Gasteiger partial charge is 0.261 e. The minimum atomic E-state index is -3.62. The van der Waals surface area contributed by atoms with E-state index in [9.17, 15) is 8.42 Å². The quantitative estimate of drug-likeness (QED) is 0.509. The van der Waals surface area contributed by atoms with Crippen molar-refractivity contribution in [3.05, 3.63) is 60.3 Å². The molecule has 0 unspecified atom stereocenters. The van der Waals surface area contributed by atoms with Crippen LogP contribution < -0.4 is 10.1 Å². The molecule has 1 aromatic rings. The van der Waals surface area contributed by atoms with Crippen LogP contribution in [0, 0.1) is 5.41 Å². The number of thiol groups is 1. The Hall–Kier alpha value is -2.36. The highest BCUT2D eigenvalue weighted by molar-refractivity contribution is 7.89. The Morgan fingerprint density at radius 3 is 2.11 bits per heavy atom. The Labute approximate surface area is 166 Å². The molecule has 0 radical (unpaired) electrons. The molecule has 0 saturated heterocycles. The Morgan fingerprint density at radius 1 is 1.04 bits per heavy atom. The number of sulfonamides is 1. The lowest BCUT2D eigenvalue weighted by molar-refractivity contribution is -0.0987. The Balaban J connectivity index is 0.00000158. The van der Waals surface area contributed by atoms with Crippen molar-refractivity contribution < 1.29 is 18.0 Å². The third-order valence-corrected chi connectivity index (χ3v) is 4.70. The van der Waals surface area contributed by atoms with Crippen molar-refractivity contribution >= 4 is 42.1 Å². The number of anilines is 1. The molecule has 0 atom stereocenters. The number of hydrogen-bond acceptors (Lipinski definition) is 7. The average molecular weight is 412 g/mol. The third kappa shape index (κ3) is 8.72. The van der Waals surface area contributed by atoms with Crippen molar-refractivity contribution in [3.8, 4) is 0 Å². The van der Waals surface area contributed by atoms with E-state index in [0.29, 0.717) is 5.70 Å². The first-order valence-corrected chi connectivity index (χ1v) is 9.55. The zero-order chi connectivity index (χ0) is 21.1. The molecule has 1 aromatic carbocycles. The molecule has 0 heterocycles. The predicted molar refractivity (Wildman–Crippen MR) is 112 cm³/mol. The van der Waals surface area contributed by atoms with Gasteiger partial charge in [0.2, 0.25) is 0 Å². The highest BCUT2D eigenvalue weighted by atomic mass is 32.2. The Kier molecular flexibility index (Phi) is 10.4. The second kappa shape index (κ2) is 11.4. The van der Waals surface area contributed by atoms with E-state index in [2.05, 4.69) is 36.8 Å². The van der Waals surface area contributed by atoms with Gasteiger partial charge in [0.15, 0.2) is 0 Å². The molecule has 2 rings (SSSR count). The first kappa shape index (κ1) is 24.6. The topological polar surface area (TPSA) is 95.6 Å². The molecule has 0 amide bonds. The van der Waals surface area contributed by atoms with Crippen molar-refractivity contribution in [2.24, 2.45) is 5.41 Å². The molecule has 148 valence electrons. The molecule has 1 aliphatic carbocycles. The summed E-state index contributed by atoms with van der Waals surface area (Å²) >= 11 is 4.07. The summed E-state index contributed by atoms with van der Waals surface area (Å²) in [5.74, 6) is 0. The molecule has 27 heavy (non-hydrogen) atoms. The number of nitrogens with one attached hydrogen (secondary N) is 2. The van der Waals surface area contributed by atoms with Gasteiger partial charge in [0.05, 0.1) is 4.90 Å². The van der Waals surface area contributed by atoms with Crippen LogP contribution in [0.2, 0.25) is 0 Å². The van der Waals surface area contributed by atoms with E-state index < -0.39 is 10.0 Å². The Bertz CT molecular complexity index is 781. The summed E-state index contributed by atoms with van der Waals surface area (Å²) in [5.41, 5.74) is 4.11. The zero-order valence-electron chi connectivity index (χ0n) is 15.5. The van der Waals surface area contributed by atoms with Gasteiger partial charge >= 0.3 is 0 Å². The second-order valence-electron chi connectivity index (χ2n) is 5.90.